The number of hydrogen-bond donors (Lipinski definition) is 3. The maximum atomic E-state index is 13.7. The molecule has 1 aromatic heterocycles. The van der Waals surface area contributed by atoms with Gasteiger partial charge >= 0.3 is 6.18 Å². The van der Waals surface area contributed by atoms with Crippen molar-refractivity contribution in [3.63, 3.8) is 0 Å². The standard InChI is InChI=1S/C27H30ClF3N4O4/c1-2-22(36)20(8-13-6-7-32-24(13)37)34-25(38)23-16-5-3-4-14(16)12-35(23)26(39)21-11-17-18(28)9-15(27(29,30)31)10-19(17)33-21/h9-11,13-14,16,20,23,33H,2-8,12H2,1H3,(H,32,37)(H,34,38). The molecule has 3 heterocycles. The van der Waals surface area contributed by atoms with Crippen molar-refractivity contribution in [3.05, 3.63) is 34.5 Å². The number of rotatable bonds is 7. The number of aromatic nitrogens is 1. The second-order valence-electron chi connectivity index (χ2n) is 10.8. The molecule has 3 fully saturated rings. The highest BCUT2D eigenvalue weighted by atomic mass is 35.5. The summed E-state index contributed by atoms with van der Waals surface area (Å²) in [6, 6.07) is 1.45. The number of ketones is 1. The van der Waals surface area contributed by atoms with Gasteiger partial charge < -0.3 is 20.5 Å². The lowest BCUT2D eigenvalue weighted by Crippen LogP contribution is -2.53. The Bertz CT molecular complexity index is 1330. The minimum Gasteiger partial charge on any atom is -0.356 e. The van der Waals surface area contributed by atoms with Gasteiger partial charge in [0.05, 0.1) is 16.6 Å². The van der Waals surface area contributed by atoms with Gasteiger partial charge in [0.15, 0.2) is 5.78 Å². The molecule has 8 nitrogen and oxygen atoms in total. The summed E-state index contributed by atoms with van der Waals surface area (Å²) >= 11 is 6.11. The highest BCUT2D eigenvalue weighted by Crippen LogP contribution is 2.43. The fourth-order valence-corrected chi connectivity index (χ4v) is 6.68. The first-order valence-electron chi connectivity index (χ1n) is 13.3. The van der Waals surface area contributed by atoms with Crippen LogP contribution in [-0.2, 0) is 20.6 Å². The van der Waals surface area contributed by atoms with Crippen LogP contribution in [0.3, 0.4) is 0 Å². The van der Waals surface area contributed by atoms with Crippen LogP contribution >= 0.6 is 11.6 Å². The van der Waals surface area contributed by atoms with E-state index in [0.717, 1.165) is 31.4 Å². The van der Waals surface area contributed by atoms with Crippen LogP contribution in [0.25, 0.3) is 10.9 Å². The number of likely N-dealkylation sites (tertiary alicyclic amines) is 1. The first-order chi connectivity index (χ1) is 18.5. The van der Waals surface area contributed by atoms with Gasteiger partial charge in [-0.3, -0.25) is 19.2 Å². The van der Waals surface area contributed by atoms with Crippen molar-refractivity contribution in [3.8, 4) is 0 Å². The van der Waals surface area contributed by atoms with Gasteiger partial charge in [0.2, 0.25) is 11.8 Å². The lowest BCUT2D eigenvalue weighted by atomic mass is 9.91. The molecule has 5 unspecified atom stereocenters. The van der Waals surface area contributed by atoms with Crippen molar-refractivity contribution in [2.75, 3.05) is 13.1 Å². The Morgan fingerprint density at radius 3 is 2.62 bits per heavy atom. The van der Waals surface area contributed by atoms with Crippen LogP contribution in [-0.4, -0.2) is 58.6 Å². The van der Waals surface area contributed by atoms with E-state index in [1.54, 1.807) is 6.92 Å². The third kappa shape index (κ3) is 5.25. The number of hydrogen-bond acceptors (Lipinski definition) is 4. The number of H-pyrrole nitrogens is 1. The summed E-state index contributed by atoms with van der Waals surface area (Å²) in [4.78, 5) is 56.4. The number of halogens is 4. The summed E-state index contributed by atoms with van der Waals surface area (Å²) in [5.74, 6) is -1.65. The first-order valence-corrected chi connectivity index (χ1v) is 13.7. The van der Waals surface area contributed by atoms with Gasteiger partial charge in [-0.2, -0.15) is 13.2 Å². The van der Waals surface area contributed by atoms with Crippen LogP contribution in [0.5, 0.6) is 0 Å². The summed E-state index contributed by atoms with van der Waals surface area (Å²) in [6.07, 6.45) is -1.12. The van der Waals surface area contributed by atoms with Crippen molar-refractivity contribution in [1.29, 1.82) is 0 Å². The van der Waals surface area contributed by atoms with E-state index < -0.39 is 35.6 Å². The van der Waals surface area contributed by atoms with E-state index >= 15 is 0 Å². The molecule has 3 N–H and O–H groups in total. The Labute approximate surface area is 228 Å². The third-order valence-electron chi connectivity index (χ3n) is 8.40. The average molecular weight is 567 g/mol. The highest BCUT2D eigenvalue weighted by molar-refractivity contribution is 6.35. The maximum absolute atomic E-state index is 13.7. The van der Waals surface area contributed by atoms with E-state index in [1.807, 2.05) is 0 Å². The zero-order valence-corrected chi connectivity index (χ0v) is 22.1. The molecule has 2 aliphatic heterocycles. The normalized spacial score (nSPS) is 25.6. The number of alkyl halides is 3. The zero-order chi connectivity index (χ0) is 28.1. The second kappa shape index (κ2) is 10.5. The molecule has 3 aliphatic rings. The number of Topliss-reactive ketones (excluding diaryl/α,β-unsaturated/α-hetero) is 1. The van der Waals surface area contributed by atoms with Crippen molar-refractivity contribution in [2.45, 2.75) is 63.7 Å². The van der Waals surface area contributed by atoms with Gasteiger partial charge in [0.1, 0.15) is 11.7 Å². The number of amides is 3. The Morgan fingerprint density at radius 2 is 1.95 bits per heavy atom. The quantitative estimate of drug-likeness (QED) is 0.469. The topological polar surface area (TPSA) is 111 Å². The molecule has 2 saturated heterocycles. The minimum atomic E-state index is -4.60. The monoisotopic (exact) mass is 566 g/mol. The molecule has 0 spiro atoms. The predicted molar refractivity (Wildman–Crippen MR) is 137 cm³/mol. The van der Waals surface area contributed by atoms with E-state index in [9.17, 15) is 32.3 Å². The number of carbonyl (C=O) groups excluding carboxylic acids is 4. The van der Waals surface area contributed by atoms with E-state index in [4.69, 9.17) is 11.6 Å². The Morgan fingerprint density at radius 1 is 1.18 bits per heavy atom. The molecule has 5 atom stereocenters. The molecular formula is C27H30ClF3N4O4. The van der Waals surface area contributed by atoms with Gasteiger partial charge in [-0.15, -0.1) is 0 Å². The lowest BCUT2D eigenvalue weighted by molar-refractivity contribution is -0.137. The molecule has 3 amide bonds. The fourth-order valence-electron chi connectivity index (χ4n) is 6.41. The second-order valence-corrected chi connectivity index (χ2v) is 11.2. The molecule has 12 heteroatoms. The van der Waals surface area contributed by atoms with E-state index in [-0.39, 0.29) is 63.9 Å². The third-order valence-corrected chi connectivity index (χ3v) is 8.71. The number of nitrogens with one attached hydrogen (secondary N) is 3. The molecule has 1 saturated carbocycles. The van der Waals surface area contributed by atoms with Crippen LogP contribution in [0.2, 0.25) is 5.02 Å². The Kier molecular flexibility index (Phi) is 7.39. The van der Waals surface area contributed by atoms with Crippen molar-refractivity contribution in [2.24, 2.45) is 17.8 Å². The Balaban J connectivity index is 1.41. The van der Waals surface area contributed by atoms with Crippen LogP contribution in [0.1, 0.15) is 61.5 Å². The van der Waals surface area contributed by atoms with Crippen LogP contribution in [0.15, 0.2) is 18.2 Å². The summed E-state index contributed by atoms with van der Waals surface area (Å²) in [5.41, 5.74) is -0.828. The molecule has 39 heavy (non-hydrogen) atoms. The minimum absolute atomic E-state index is 0.0350. The van der Waals surface area contributed by atoms with Gasteiger partial charge in [0, 0.05) is 36.3 Å². The SMILES string of the molecule is CCC(=O)C(CC1CCNC1=O)NC(=O)C1C2CCCC2CN1C(=O)c1cc2c(Cl)cc(C(F)(F)F)cc2[nH]1. The molecule has 0 bridgehead atoms. The summed E-state index contributed by atoms with van der Waals surface area (Å²) in [5, 5.41) is 5.73. The summed E-state index contributed by atoms with van der Waals surface area (Å²) < 4.78 is 39.8. The van der Waals surface area contributed by atoms with E-state index in [1.165, 1.54) is 11.0 Å². The summed E-state index contributed by atoms with van der Waals surface area (Å²) in [7, 11) is 0. The predicted octanol–water partition coefficient (Wildman–Crippen LogP) is 4.07. The lowest BCUT2D eigenvalue weighted by Gasteiger charge is -2.29. The van der Waals surface area contributed by atoms with Crippen molar-refractivity contribution in [1.82, 2.24) is 20.5 Å². The van der Waals surface area contributed by atoms with Crippen molar-refractivity contribution >= 4 is 46.0 Å². The molecule has 2 aromatic rings. The van der Waals surface area contributed by atoms with Crippen LogP contribution in [0, 0.1) is 17.8 Å². The van der Waals surface area contributed by atoms with Crippen LogP contribution in [0.4, 0.5) is 13.2 Å². The largest absolute Gasteiger partial charge is 0.416 e. The molecule has 1 aromatic carbocycles. The maximum Gasteiger partial charge on any atom is 0.416 e. The number of fused-ring (bicyclic) bond motifs is 2. The van der Waals surface area contributed by atoms with E-state index in [0.29, 0.717) is 19.5 Å². The summed E-state index contributed by atoms with van der Waals surface area (Å²) in [6.45, 7) is 2.55. The Hall–Kier alpha value is -3.08. The molecule has 210 valence electrons. The zero-order valence-electron chi connectivity index (χ0n) is 21.4. The highest BCUT2D eigenvalue weighted by Gasteiger charge is 2.50. The molecule has 0 radical (unpaired) electrons. The number of aromatic amines is 1. The average Bonchev–Trinajstić information content (AvgIpc) is 3.66. The number of nitrogens with zero attached hydrogens (tertiary/aromatic N) is 1. The molecular weight excluding hydrogens is 537 g/mol. The number of benzene rings is 1. The molecule has 1 aliphatic carbocycles. The van der Waals surface area contributed by atoms with Crippen LogP contribution < -0.4 is 10.6 Å². The van der Waals surface area contributed by atoms with Gasteiger partial charge in [-0.1, -0.05) is 24.9 Å². The smallest absolute Gasteiger partial charge is 0.356 e. The fraction of sp³-hybridized carbons (Fsp3) is 0.556. The van der Waals surface area contributed by atoms with Gasteiger partial charge in [-0.05, 0) is 55.7 Å². The molecule has 5 rings (SSSR count). The van der Waals surface area contributed by atoms with Gasteiger partial charge in [0.25, 0.3) is 5.91 Å². The van der Waals surface area contributed by atoms with Crippen molar-refractivity contribution < 1.29 is 32.3 Å². The van der Waals surface area contributed by atoms with E-state index in [2.05, 4.69) is 15.6 Å². The number of carbonyl (C=O) groups is 4. The van der Waals surface area contributed by atoms with Gasteiger partial charge in [-0.25, -0.2) is 0 Å². The first kappa shape index (κ1) is 27.5.